The lowest BCUT2D eigenvalue weighted by Crippen LogP contribution is -2.29. The van der Waals surface area contributed by atoms with Gasteiger partial charge in [-0.25, -0.2) is 0 Å². The first-order valence-corrected chi connectivity index (χ1v) is 10.7. The molecule has 162 valence electrons. The number of nitrogens with zero attached hydrogens (tertiary/aromatic N) is 1. The van der Waals surface area contributed by atoms with Crippen LogP contribution in [-0.4, -0.2) is 42.9 Å². The molecule has 0 aliphatic rings. The van der Waals surface area contributed by atoms with E-state index in [0.717, 1.165) is 30.9 Å². The van der Waals surface area contributed by atoms with E-state index < -0.39 is 0 Å². The van der Waals surface area contributed by atoms with Gasteiger partial charge >= 0.3 is 0 Å². The highest BCUT2D eigenvalue weighted by Gasteiger charge is 2.14. The molecule has 0 fully saturated rings. The van der Waals surface area contributed by atoms with Crippen molar-refractivity contribution in [1.29, 1.82) is 0 Å². The van der Waals surface area contributed by atoms with Crippen molar-refractivity contribution >= 4 is 23.2 Å². The van der Waals surface area contributed by atoms with Crippen LogP contribution in [0.15, 0.2) is 48.5 Å². The Hall–Kier alpha value is -2.86. The van der Waals surface area contributed by atoms with Crippen LogP contribution in [0, 0.1) is 5.92 Å². The number of anilines is 2. The molecule has 0 aromatic heterocycles. The first kappa shape index (κ1) is 23.4. The lowest BCUT2D eigenvalue weighted by molar-refractivity contribution is -0.114. The summed E-state index contributed by atoms with van der Waals surface area (Å²) in [6, 6.07) is 15.1. The minimum Gasteiger partial charge on any atom is -0.376 e. The molecule has 6 nitrogen and oxygen atoms in total. The lowest BCUT2D eigenvalue weighted by Gasteiger charge is -2.20. The number of nitrogens with one attached hydrogen (secondary N) is 3. The number of hydrogen-bond acceptors (Lipinski definition) is 4. The predicted octanol–water partition coefficient (Wildman–Crippen LogP) is 3.96. The number of benzene rings is 2. The molecule has 0 spiro atoms. The first-order chi connectivity index (χ1) is 14.4. The molecular weight excluding hydrogens is 376 g/mol. The van der Waals surface area contributed by atoms with Gasteiger partial charge in [-0.3, -0.25) is 14.5 Å². The van der Waals surface area contributed by atoms with Gasteiger partial charge in [-0.1, -0.05) is 58.0 Å². The summed E-state index contributed by atoms with van der Waals surface area (Å²) >= 11 is 0. The molecule has 3 N–H and O–H groups in total. The molecule has 0 saturated carbocycles. The Labute approximate surface area is 180 Å². The maximum Gasteiger partial charge on any atom is 0.253 e. The van der Waals surface area contributed by atoms with Gasteiger partial charge in [0, 0.05) is 18.8 Å². The summed E-state index contributed by atoms with van der Waals surface area (Å²) < 4.78 is 0. The van der Waals surface area contributed by atoms with Gasteiger partial charge in [-0.2, -0.15) is 0 Å². The van der Waals surface area contributed by atoms with Crippen LogP contribution in [0.5, 0.6) is 0 Å². The quantitative estimate of drug-likeness (QED) is 0.524. The molecule has 0 heterocycles. The number of hydrogen-bond donors (Lipinski definition) is 3. The average molecular weight is 411 g/mol. The molecule has 2 aromatic rings. The van der Waals surface area contributed by atoms with Crippen molar-refractivity contribution in [2.45, 2.75) is 34.2 Å². The third kappa shape index (κ3) is 7.19. The summed E-state index contributed by atoms with van der Waals surface area (Å²) in [5.74, 6) is -0.0230. The number of carbonyl (C=O) groups is 2. The minimum atomic E-state index is -0.197. The van der Waals surface area contributed by atoms with Crippen LogP contribution in [0.2, 0.25) is 0 Å². The van der Waals surface area contributed by atoms with E-state index in [2.05, 4.69) is 40.8 Å². The predicted molar refractivity (Wildman–Crippen MR) is 124 cm³/mol. The van der Waals surface area contributed by atoms with Crippen molar-refractivity contribution in [3.05, 3.63) is 59.7 Å². The fourth-order valence-electron chi connectivity index (χ4n) is 3.07. The standard InChI is InChI=1S/C24H34N4O2/c1-5-28(6-2)17-19-11-7-9-13-21(19)25-16-23(29)27-22-14-10-8-12-20(22)24(30)26-15-18(3)4/h7-14,18,25H,5-6,15-17H2,1-4H3,(H,26,30)(H,27,29). The molecule has 2 rings (SSSR count). The van der Waals surface area contributed by atoms with E-state index >= 15 is 0 Å². The Balaban J connectivity index is 2.00. The first-order valence-electron chi connectivity index (χ1n) is 10.7. The second kappa shape index (κ2) is 12.0. The van der Waals surface area contributed by atoms with Gasteiger partial charge in [0.25, 0.3) is 5.91 Å². The van der Waals surface area contributed by atoms with Gasteiger partial charge in [0.2, 0.25) is 5.91 Å². The molecule has 2 amide bonds. The highest BCUT2D eigenvalue weighted by Crippen LogP contribution is 2.18. The van der Waals surface area contributed by atoms with E-state index in [-0.39, 0.29) is 18.4 Å². The van der Waals surface area contributed by atoms with E-state index in [0.29, 0.717) is 23.7 Å². The molecule has 0 radical (unpaired) electrons. The molecular formula is C24H34N4O2. The van der Waals surface area contributed by atoms with E-state index in [1.807, 2.05) is 38.1 Å². The van der Waals surface area contributed by atoms with Crippen molar-refractivity contribution in [2.24, 2.45) is 5.92 Å². The fraction of sp³-hybridized carbons (Fsp3) is 0.417. The Kier molecular flexibility index (Phi) is 9.35. The van der Waals surface area contributed by atoms with Gasteiger partial charge in [0.15, 0.2) is 0 Å². The second-order valence-corrected chi connectivity index (χ2v) is 7.67. The van der Waals surface area contributed by atoms with Crippen LogP contribution >= 0.6 is 0 Å². The maximum atomic E-state index is 12.6. The molecule has 0 aliphatic heterocycles. The number of carbonyl (C=O) groups excluding carboxylic acids is 2. The van der Waals surface area contributed by atoms with E-state index in [1.54, 1.807) is 18.2 Å². The van der Waals surface area contributed by atoms with Gasteiger partial charge in [-0.15, -0.1) is 0 Å². The van der Waals surface area contributed by atoms with Crippen molar-refractivity contribution in [3.63, 3.8) is 0 Å². The molecule has 0 bridgehead atoms. The summed E-state index contributed by atoms with van der Waals surface area (Å²) in [4.78, 5) is 27.3. The summed E-state index contributed by atoms with van der Waals surface area (Å²) in [5.41, 5.74) is 3.08. The zero-order chi connectivity index (χ0) is 21.9. The Morgan fingerprint density at radius 1 is 0.933 bits per heavy atom. The maximum absolute atomic E-state index is 12.6. The molecule has 0 aliphatic carbocycles. The van der Waals surface area contributed by atoms with Gasteiger partial charge in [0.05, 0.1) is 17.8 Å². The van der Waals surface area contributed by atoms with Crippen LogP contribution in [0.4, 0.5) is 11.4 Å². The summed E-state index contributed by atoms with van der Waals surface area (Å²) in [5, 5.41) is 8.99. The number of rotatable bonds is 11. The second-order valence-electron chi connectivity index (χ2n) is 7.67. The molecule has 0 unspecified atom stereocenters. The zero-order valence-electron chi connectivity index (χ0n) is 18.5. The Bertz CT molecular complexity index is 831. The third-order valence-corrected chi connectivity index (χ3v) is 4.86. The summed E-state index contributed by atoms with van der Waals surface area (Å²) in [6.45, 7) is 11.8. The minimum absolute atomic E-state index is 0.122. The molecule has 2 aromatic carbocycles. The van der Waals surface area contributed by atoms with E-state index in [1.165, 1.54) is 0 Å². The molecule has 6 heteroatoms. The third-order valence-electron chi connectivity index (χ3n) is 4.86. The Morgan fingerprint density at radius 2 is 1.57 bits per heavy atom. The monoisotopic (exact) mass is 410 g/mol. The number of amides is 2. The van der Waals surface area contributed by atoms with Crippen LogP contribution in [0.25, 0.3) is 0 Å². The zero-order valence-corrected chi connectivity index (χ0v) is 18.5. The molecule has 0 atom stereocenters. The van der Waals surface area contributed by atoms with Gasteiger partial charge < -0.3 is 16.0 Å². The normalized spacial score (nSPS) is 10.9. The van der Waals surface area contributed by atoms with E-state index in [9.17, 15) is 9.59 Å². The van der Waals surface area contributed by atoms with Crippen LogP contribution in [-0.2, 0) is 11.3 Å². The van der Waals surface area contributed by atoms with Gasteiger partial charge in [0.1, 0.15) is 0 Å². The highest BCUT2D eigenvalue weighted by atomic mass is 16.2. The summed E-state index contributed by atoms with van der Waals surface area (Å²) in [7, 11) is 0. The topological polar surface area (TPSA) is 73.5 Å². The van der Waals surface area contributed by atoms with E-state index in [4.69, 9.17) is 0 Å². The molecule has 0 saturated heterocycles. The number of para-hydroxylation sites is 2. The summed E-state index contributed by atoms with van der Waals surface area (Å²) in [6.07, 6.45) is 0. The SMILES string of the molecule is CCN(CC)Cc1ccccc1NCC(=O)Nc1ccccc1C(=O)NCC(C)C. The van der Waals surface area contributed by atoms with Crippen molar-refractivity contribution in [2.75, 3.05) is 36.8 Å². The van der Waals surface area contributed by atoms with Crippen LogP contribution < -0.4 is 16.0 Å². The average Bonchev–Trinajstić information content (AvgIpc) is 2.75. The largest absolute Gasteiger partial charge is 0.376 e. The van der Waals surface area contributed by atoms with Gasteiger partial charge in [-0.05, 0) is 42.8 Å². The fourth-order valence-corrected chi connectivity index (χ4v) is 3.07. The van der Waals surface area contributed by atoms with Crippen molar-refractivity contribution in [3.8, 4) is 0 Å². The smallest absolute Gasteiger partial charge is 0.253 e. The van der Waals surface area contributed by atoms with Crippen molar-refractivity contribution in [1.82, 2.24) is 10.2 Å². The molecule has 30 heavy (non-hydrogen) atoms. The van der Waals surface area contributed by atoms with Crippen LogP contribution in [0.1, 0.15) is 43.6 Å². The van der Waals surface area contributed by atoms with Crippen molar-refractivity contribution < 1.29 is 9.59 Å². The Morgan fingerprint density at radius 3 is 2.23 bits per heavy atom. The lowest BCUT2D eigenvalue weighted by atomic mass is 10.1. The highest BCUT2D eigenvalue weighted by molar-refractivity contribution is 6.04. The van der Waals surface area contributed by atoms with Crippen LogP contribution in [0.3, 0.4) is 0 Å².